The van der Waals surface area contributed by atoms with E-state index in [1.807, 2.05) is 26.0 Å². The number of hydrogen-bond acceptors (Lipinski definition) is 4. The largest absolute Gasteiger partial charge is 0.481 e. The van der Waals surface area contributed by atoms with Crippen molar-refractivity contribution in [1.82, 2.24) is 0 Å². The summed E-state index contributed by atoms with van der Waals surface area (Å²) in [6, 6.07) is 0. The molecule has 0 bridgehead atoms. The first-order chi connectivity index (χ1) is 17.6. The van der Waals surface area contributed by atoms with Gasteiger partial charge >= 0.3 is 11.9 Å². The molecule has 6 nitrogen and oxygen atoms in total. The highest BCUT2D eigenvalue weighted by atomic mass is 16.4. The van der Waals surface area contributed by atoms with Crippen LogP contribution >= 0.6 is 0 Å². The van der Waals surface area contributed by atoms with E-state index in [2.05, 4.69) is 59.4 Å². The number of ketones is 1. The molecule has 0 atom stereocenters. The summed E-state index contributed by atoms with van der Waals surface area (Å²) in [5.41, 5.74) is -0.165. The number of carbonyl (C=O) groups is 4. The molecule has 2 N–H and O–H groups in total. The van der Waals surface area contributed by atoms with Gasteiger partial charge in [0.1, 0.15) is 12.1 Å². The molecule has 0 aliphatic heterocycles. The maximum atomic E-state index is 10.9. The molecule has 0 aromatic heterocycles. The van der Waals surface area contributed by atoms with Crippen molar-refractivity contribution in [2.45, 2.75) is 122 Å². The number of allylic oxidation sites excluding steroid dienone is 8. The number of rotatable bonds is 15. The van der Waals surface area contributed by atoms with Crippen molar-refractivity contribution in [3.63, 3.8) is 0 Å². The van der Waals surface area contributed by atoms with E-state index in [-0.39, 0.29) is 37.9 Å². The number of unbranched alkanes of at least 4 members (excludes halogenated alkanes) is 3. The highest BCUT2D eigenvalue weighted by Crippen LogP contribution is 2.23. The fourth-order valence-corrected chi connectivity index (χ4v) is 2.76. The maximum Gasteiger partial charge on any atom is 0.328 e. The zero-order chi connectivity index (χ0) is 30.5. The van der Waals surface area contributed by atoms with Gasteiger partial charge in [-0.05, 0) is 43.1 Å². The predicted molar refractivity (Wildman–Crippen MR) is 174 cm³/mol. The number of hydrogen-bond donors (Lipinski definition) is 2. The lowest BCUT2D eigenvalue weighted by Gasteiger charge is -2.17. The molecule has 0 spiro atoms. The van der Waals surface area contributed by atoms with Gasteiger partial charge in [-0.3, -0.25) is 14.4 Å². The first kappa shape index (κ1) is 49.9. The van der Waals surface area contributed by atoms with Crippen LogP contribution in [-0.2, 0) is 19.2 Å². The average molecular weight is 567 g/mol. The van der Waals surface area contributed by atoms with Crippen LogP contribution in [0.5, 0.6) is 0 Å². The van der Waals surface area contributed by atoms with Crippen molar-refractivity contribution in [3.05, 3.63) is 61.3 Å². The van der Waals surface area contributed by atoms with Crippen LogP contribution in [-0.4, -0.2) is 34.2 Å². The minimum Gasteiger partial charge on any atom is -0.481 e. The molecular weight excluding hydrogens is 504 g/mol. The van der Waals surface area contributed by atoms with E-state index in [9.17, 15) is 19.2 Å². The minimum absolute atomic E-state index is 0. The van der Waals surface area contributed by atoms with Gasteiger partial charge in [-0.15, -0.1) is 0 Å². The fourth-order valence-electron chi connectivity index (χ4n) is 2.76. The van der Waals surface area contributed by atoms with Gasteiger partial charge in [0, 0.05) is 12.5 Å². The molecule has 0 radical (unpaired) electrons. The van der Waals surface area contributed by atoms with Crippen LogP contribution in [0.4, 0.5) is 0 Å². The molecule has 0 amide bonds. The molecule has 0 aromatic rings. The standard InChI is InChI=1S/C11H20O.C10H18O2.C6H10O.C5H6O2.2CH4/c1-5-6-7-8-11(3,4)9-10(2)12;1-4-5-6-7-10(2,3)8-9(11)12;1-2-3-4-5-6-7;1-2-3-4-5(6)7;;/h7-8H,5-6,9H2,1-4H3;6-7H,4-5,8H2,1-3H3,(H,11,12);4-6H,2-3H2,1H3;2-4H,1H2,(H,6,7);2*1H4/b8-7+;7-6+;5-4+;4-3+;;. The summed E-state index contributed by atoms with van der Waals surface area (Å²) >= 11 is 0. The SMILES string of the molecule is C.C.C=C/C=C/C(=O)O.CCC/C=C/C(C)(C)CC(=O)O.CCC/C=C/C(C)(C)CC(C)=O.CCC/C=C/C=O. The average Bonchev–Trinajstić information content (AvgIpc) is 2.78. The smallest absolute Gasteiger partial charge is 0.328 e. The van der Waals surface area contributed by atoms with Crippen LogP contribution < -0.4 is 0 Å². The Morgan fingerprint density at radius 2 is 1.12 bits per heavy atom. The molecule has 0 aliphatic rings. The Morgan fingerprint density at radius 3 is 1.40 bits per heavy atom. The molecule has 0 fully saturated rings. The van der Waals surface area contributed by atoms with Gasteiger partial charge in [0.25, 0.3) is 0 Å². The van der Waals surface area contributed by atoms with E-state index in [4.69, 9.17) is 10.2 Å². The van der Waals surface area contributed by atoms with Gasteiger partial charge < -0.3 is 10.2 Å². The topological polar surface area (TPSA) is 109 Å². The van der Waals surface area contributed by atoms with Crippen LogP contribution in [0, 0.1) is 10.8 Å². The van der Waals surface area contributed by atoms with Gasteiger partial charge in [0.15, 0.2) is 0 Å². The lowest BCUT2D eigenvalue weighted by molar-refractivity contribution is -0.138. The highest BCUT2D eigenvalue weighted by Gasteiger charge is 2.17. The Balaban J connectivity index is -0.0000000977. The van der Waals surface area contributed by atoms with E-state index in [0.717, 1.165) is 44.5 Å². The van der Waals surface area contributed by atoms with Gasteiger partial charge in [0.05, 0.1) is 6.42 Å². The molecule has 0 heterocycles. The molecule has 234 valence electrons. The zero-order valence-corrected chi connectivity index (χ0v) is 25.2. The predicted octanol–water partition coefficient (Wildman–Crippen LogP) is 9.82. The summed E-state index contributed by atoms with van der Waals surface area (Å²) in [6.07, 6.45) is 23.8. The second-order valence-corrected chi connectivity index (χ2v) is 10.1. The first-order valence-electron chi connectivity index (χ1n) is 13.3. The highest BCUT2D eigenvalue weighted by molar-refractivity contribution is 5.80. The number of aliphatic carboxylic acids is 2. The van der Waals surface area contributed by atoms with E-state index in [1.54, 1.807) is 6.92 Å². The van der Waals surface area contributed by atoms with Crippen LogP contribution in [0.3, 0.4) is 0 Å². The Morgan fingerprint density at radius 1 is 0.725 bits per heavy atom. The van der Waals surface area contributed by atoms with Gasteiger partial charge in [-0.25, -0.2) is 4.79 Å². The van der Waals surface area contributed by atoms with Gasteiger partial charge in [-0.2, -0.15) is 0 Å². The Labute approximate surface area is 247 Å². The third-order valence-corrected chi connectivity index (χ3v) is 4.41. The van der Waals surface area contributed by atoms with E-state index in [0.29, 0.717) is 6.42 Å². The van der Waals surface area contributed by atoms with Crippen molar-refractivity contribution < 1.29 is 29.4 Å². The normalized spacial score (nSPS) is 10.7. The summed E-state index contributed by atoms with van der Waals surface area (Å²) in [6.45, 7) is 19.3. The number of Topliss-reactive ketones (excluding diaryl/α,β-unsaturated/α-hetero) is 1. The molecule has 40 heavy (non-hydrogen) atoms. The number of carboxylic acid groups (broad SMARTS) is 2. The Kier molecular flexibility index (Phi) is 42.4. The van der Waals surface area contributed by atoms with Gasteiger partial charge in [-0.1, -0.05) is 132 Å². The number of aldehydes is 1. The third-order valence-electron chi connectivity index (χ3n) is 4.41. The Hall–Kier alpha value is -3.02. The summed E-state index contributed by atoms with van der Waals surface area (Å²) < 4.78 is 0. The van der Waals surface area contributed by atoms with Crippen molar-refractivity contribution in [2.24, 2.45) is 10.8 Å². The molecule has 0 aromatic carbocycles. The summed E-state index contributed by atoms with van der Waals surface area (Å²) in [5, 5.41) is 16.5. The number of carbonyl (C=O) groups excluding carboxylic acids is 2. The Bertz CT molecular complexity index is 712. The van der Waals surface area contributed by atoms with Gasteiger partial charge in [0.2, 0.25) is 0 Å². The molecule has 0 saturated heterocycles. The maximum absolute atomic E-state index is 10.9. The fraction of sp³-hybridized carbons (Fsp3) is 0.588. The first-order valence-corrected chi connectivity index (χ1v) is 13.3. The van der Waals surface area contributed by atoms with Crippen LogP contribution in [0.2, 0.25) is 0 Å². The van der Waals surface area contributed by atoms with Crippen molar-refractivity contribution in [3.8, 4) is 0 Å². The van der Waals surface area contributed by atoms with E-state index < -0.39 is 11.9 Å². The summed E-state index contributed by atoms with van der Waals surface area (Å²) in [7, 11) is 0. The van der Waals surface area contributed by atoms with E-state index in [1.165, 1.54) is 24.6 Å². The van der Waals surface area contributed by atoms with E-state index >= 15 is 0 Å². The molecule has 0 rings (SSSR count). The lowest BCUT2D eigenvalue weighted by Crippen LogP contribution is -2.13. The quantitative estimate of drug-likeness (QED) is 0.0883. The van der Waals surface area contributed by atoms with Crippen molar-refractivity contribution >= 4 is 24.0 Å². The monoisotopic (exact) mass is 566 g/mol. The molecule has 0 saturated carbocycles. The number of carboxylic acids is 2. The second kappa shape index (κ2) is 34.0. The molecule has 0 unspecified atom stereocenters. The summed E-state index contributed by atoms with van der Waals surface area (Å²) in [5.74, 6) is -1.41. The third kappa shape index (κ3) is 55.5. The van der Waals surface area contributed by atoms with Crippen LogP contribution in [0.1, 0.15) is 122 Å². The summed E-state index contributed by atoms with van der Waals surface area (Å²) in [4.78, 5) is 40.5. The van der Waals surface area contributed by atoms with Crippen molar-refractivity contribution in [1.29, 1.82) is 0 Å². The molecule has 0 aliphatic carbocycles. The minimum atomic E-state index is -0.945. The molecular formula is C34H62O6. The second-order valence-electron chi connectivity index (χ2n) is 10.1. The lowest BCUT2D eigenvalue weighted by atomic mass is 9.87. The van der Waals surface area contributed by atoms with Crippen molar-refractivity contribution in [2.75, 3.05) is 0 Å². The molecule has 6 heteroatoms. The zero-order valence-electron chi connectivity index (χ0n) is 25.2. The van der Waals surface area contributed by atoms with Crippen LogP contribution in [0.15, 0.2) is 61.3 Å². The van der Waals surface area contributed by atoms with Crippen LogP contribution in [0.25, 0.3) is 0 Å².